The molecule has 0 bridgehead atoms. The molecule has 8 nitrogen and oxygen atoms in total. The third-order valence-electron chi connectivity index (χ3n) is 6.87. The Balaban J connectivity index is 1.36. The Morgan fingerprint density at radius 1 is 1.05 bits per heavy atom. The number of alkyl halides is 1. The molecule has 220 valence electrons. The minimum Gasteiger partial charge on any atom is -0.492 e. The van der Waals surface area contributed by atoms with Crippen LogP contribution in [0.2, 0.25) is 0 Å². The molecule has 1 aliphatic rings. The maximum atomic E-state index is 11.9. The van der Waals surface area contributed by atoms with Gasteiger partial charge in [0.2, 0.25) is 10.0 Å². The minimum atomic E-state index is -3.34. The van der Waals surface area contributed by atoms with Gasteiger partial charge in [-0.3, -0.25) is 4.79 Å². The van der Waals surface area contributed by atoms with E-state index in [1.807, 2.05) is 56.3 Å². The molecule has 0 saturated carbocycles. The summed E-state index contributed by atoms with van der Waals surface area (Å²) in [7, 11) is -1.95. The summed E-state index contributed by atoms with van der Waals surface area (Å²) in [5.74, 6) is 2.18. The molecule has 10 heteroatoms. The number of esters is 1. The number of sulfonamides is 1. The number of hydrogen-bond donors (Lipinski definition) is 1. The molecule has 0 fully saturated rings. The summed E-state index contributed by atoms with van der Waals surface area (Å²) in [6.45, 7) is 5.32. The van der Waals surface area contributed by atoms with Gasteiger partial charge in [0.25, 0.3) is 0 Å². The molecule has 0 aliphatic carbocycles. The highest BCUT2D eigenvalue weighted by Crippen LogP contribution is 2.38. The molecule has 1 heterocycles. The fourth-order valence-corrected chi connectivity index (χ4v) is 6.28. The Morgan fingerprint density at radius 3 is 2.56 bits per heavy atom. The van der Waals surface area contributed by atoms with E-state index in [0.717, 1.165) is 39.1 Å². The van der Waals surface area contributed by atoms with Gasteiger partial charge in [0.15, 0.2) is 0 Å². The first kappa shape index (κ1) is 30.7. The molecule has 3 aromatic rings. The van der Waals surface area contributed by atoms with Crippen molar-refractivity contribution in [1.82, 2.24) is 4.72 Å². The summed E-state index contributed by atoms with van der Waals surface area (Å²) in [5.41, 5.74) is 6.31. The molecule has 0 amide bonds. The highest BCUT2D eigenvalue weighted by molar-refractivity contribution is 7.89. The number of carbonyl (C=O) groups excluding carboxylic acids is 1. The van der Waals surface area contributed by atoms with Crippen molar-refractivity contribution < 1.29 is 32.2 Å². The lowest BCUT2D eigenvalue weighted by Crippen LogP contribution is -2.30. The summed E-state index contributed by atoms with van der Waals surface area (Å²) in [6.07, 6.45) is 0.702. The SMILES string of the molecule is COC(=O)CC1COc2cc(OCc3cccc(-c4c(C)cc(OCCNS(=O)(=O)CCCCl)cc4C)c3)ccc21. The molecular weight excluding hydrogens is 566 g/mol. The van der Waals surface area contributed by atoms with E-state index in [2.05, 4.69) is 16.9 Å². The van der Waals surface area contributed by atoms with E-state index in [1.54, 1.807) is 0 Å². The molecule has 41 heavy (non-hydrogen) atoms. The predicted molar refractivity (Wildman–Crippen MR) is 160 cm³/mol. The predicted octanol–water partition coefficient (Wildman–Crippen LogP) is 5.52. The number of carbonyl (C=O) groups is 1. The molecule has 0 aromatic heterocycles. The van der Waals surface area contributed by atoms with Crippen molar-refractivity contribution in [2.24, 2.45) is 0 Å². The van der Waals surface area contributed by atoms with Crippen LogP contribution in [0, 0.1) is 13.8 Å². The van der Waals surface area contributed by atoms with Crippen LogP contribution in [-0.4, -0.2) is 52.9 Å². The van der Waals surface area contributed by atoms with Crippen molar-refractivity contribution >= 4 is 27.6 Å². The molecule has 1 N–H and O–H groups in total. The van der Waals surface area contributed by atoms with Crippen molar-refractivity contribution in [3.63, 3.8) is 0 Å². The lowest BCUT2D eigenvalue weighted by molar-refractivity contribution is -0.141. The maximum Gasteiger partial charge on any atom is 0.306 e. The number of ether oxygens (including phenoxy) is 4. The smallest absolute Gasteiger partial charge is 0.306 e. The second-order valence-electron chi connectivity index (χ2n) is 10.0. The van der Waals surface area contributed by atoms with E-state index in [1.165, 1.54) is 7.11 Å². The van der Waals surface area contributed by atoms with Gasteiger partial charge in [0, 0.05) is 30.0 Å². The molecular formula is C31H36ClNO7S. The second kappa shape index (κ2) is 14.1. The van der Waals surface area contributed by atoms with Crippen molar-refractivity contribution in [1.29, 1.82) is 0 Å². The van der Waals surface area contributed by atoms with E-state index in [9.17, 15) is 13.2 Å². The molecule has 0 radical (unpaired) electrons. The summed E-state index contributed by atoms with van der Waals surface area (Å²) in [6, 6.07) is 17.9. The van der Waals surface area contributed by atoms with Gasteiger partial charge in [-0.25, -0.2) is 13.1 Å². The first-order valence-corrected chi connectivity index (χ1v) is 15.7. The monoisotopic (exact) mass is 601 g/mol. The quantitative estimate of drug-likeness (QED) is 0.148. The second-order valence-corrected chi connectivity index (χ2v) is 12.3. The molecule has 1 atom stereocenters. The number of fused-ring (bicyclic) bond motifs is 1. The number of hydrogen-bond acceptors (Lipinski definition) is 7. The van der Waals surface area contributed by atoms with Crippen LogP contribution in [0.25, 0.3) is 11.1 Å². The van der Waals surface area contributed by atoms with E-state index < -0.39 is 10.0 Å². The van der Waals surface area contributed by atoms with Crippen LogP contribution in [0.5, 0.6) is 17.2 Å². The summed E-state index contributed by atoms with van der Waals surface area (Å²) < 4.78 is 48.8. The largest absolute Gasteiger partial charge is 0.492 e. The zero-order valence-corrected chi connectivity index (χ0v) is 25.1. The molecule has 1 aliphatic heterocycles. The zero-order chi connectivity index (χ0) is 29.4. The Morgan fingerprint density at radius 2 is 1.83 bits per heavy atom. The Kier molecular flexibility index (Phi) is 10.5. The van der Waals surface area contributed by atoms with Crippen LogP contribution in [0.4, 0.5) is 0 Å². The van der Waals surface area contributed by atoms with E-state index in [0.29, 0.717) is 43.4 Å². The van der Waals surface area contributed by atoms with Crippen LogP contribution in [0.3, 0.4) is 0 Å². The Hall–Kier alpha value is -3.27. The Labute approximate surface area is 247 Å². The summed E-state index contributed by atoms with van der Waals surface area (Å²) in [4.78, 5) is 11.7. The van der Waals surface area contributed by atoms with Gasteiger partial charge in [-0.1, -0.05) is 24.3 Å². The number of nitrogens with one attached hydrogen (secondary N) is 1. The molecule has 0 saturated heterocycles. The van der Waals surface area contributed by atoms with Gasteiger partial charge >= 0.3 is 5.97 Å². The third kappa shape index (κ3) is 8.38. The van der Waals surface area contributed by atoms with Crippen molar-refractivity contribution in [3.8, 4) is 28.4 Å². The standard InChI is InChI=1S/C31H36ClNO7S/c1-21-14-27(38-12-11-33-41(35,36)13-5-10-32)15-22(2)31(21)24-7-4-6-23(16-24)19-39-26-8-9-28-25(17-30(34)37-3)20-40-29(28)18-26/h4,6-9,14-16,18,25,33H,5,10-13,17,19-20H2,1-3H3. The van der Waals surface area contributed by atoms with Gasteiger partial charge in [0.05, 0.1) is 25.9 Å². The highest BCUT2D eigenvalue weighted by atomic mass is 35.5. The highest BCUT2D eigenvalue weighted by Gasteiger charge is 2.27. The number of rotatable bonds is 14. The van der Waals surface area contributed by atoms with Crippen molar-refractivity contribution in [3.05, 3.63) is 76.9 Å². The fraction of sp³-hybridized carbons (Fsp3) is 0.387. The number of aryl methyl sites for hydroxylation is 2. The van der Waals surface area contributed by atoms with Crippen LogP contribution in [0.15, 0.2) is 54.6 Å². The molecule has 0 spiro atoms. The third-order valence-corrected chi connectivity index (χ3v) is 8.61. The summed E-state index contributed by atoms with van der Waals surface area (Å²) >= 11 is 5.58. The maximum absolute atomic E-state index is 11.9. The van der Waals surface area contributed by atoms with E-state index >= 15 is 0 Å². The van der Waals surface area contributed by atoms with E-state index in [-0.39, 0.29) is 30.8 Å². The van der Waals surface area contributed by atoms with Crippen LogP contribution >= 0.6 is 11.6 Å². The number of halogens is 1. The van der Waals surface area contributed by atoms with Crippen LogP contribution < -0.4 is 18.9 Å². The fourth-order valence-electron chi connectivity index (χ4n) is 4.93. The van der Waals surface area contributed by atoms with Gasteiger partial charge in [0.1, 0.15) is 30.5 Å². The molecule has 4 rings (SSSR count). The van der Waals surface area contributed by atoms with Crippen molar-refractivity contribution in [2.45, 2.75) is 39.2 Å². The van der Waals surface area contributed by atoms with Gasteiger partial charge in [-0.2, -0.15) is 0 Å². The van der Waals surface area contributed by atoms with E-state index in [4.69, 9.17) is 30.5 Å². The van der Waals surface area contributed by atoms with Gasteiger partial charge in [-0.15, -0.1) is 11.6 Å². The topological polar surface area (TPSA) is 100 Å². The molecule has 1 unspecified atom stereocenters. The Bertz CT molecular complexity index is 1450. The first-order chi connectivity index (χ1) is 19.7. The lowest BCUT2D eigenvalue weighted by atomic mass is 9.94. The molecule has 3 aromatic carbocycles. The zero-order valence-electron chi connectivity index (χ0n) is 23.6. The average Bonchev–Trinajstić information content (AvgIpc) is 3.34. The average molecular weight is 602 g/mol. The van der Waals surface area contributed by atoms with Crippen molar-refractivity contribution in [2.75, 3.05) is 38.5 Å². The van der Waals surface area contributed by atoms with Gasteiger partial charge in [-0.05, 0) is 72.4 Å². The number of benzene rings is 3. The summed E-state index contributed by atoms with van der Waals surface area (Å²) in [5, 5.41) is 0. The first-order valence-electron chi connectivity index (χ1n) is 13.5. The number of methoxy groups -OCH3 is 1. The van der Waals surface area contributed by atoms with Gasteiger partial charge < -0.3 is 18.9 Å². The van der Waals surface area contributed by atoms with Crippen LogP contribution in [-0.2, 0) is 26.2 Å². The van der Waals surface area contributed by atoms with Crippen LogP contribution in [0.1, 0.15) is 41.0 Å². The normalized spacial score (nSPS) is 14.3. The lowest BCUT2D eigenvalue weighted by Gasteiger charge is -2.15. The minimum absolute atomic E-state index is 0.00809.